The van der Waals surface area contributed by atoms with E-state index in [-0.39, 0.29) is 18.1 Å². The smallest absolute Gasteiger partial charge is 0.293 e. The van der Waals surface area contributed by atoms with Gasteiger partial charge in [0.25, 0.3) is 12.0 Å². The minimum absolute atomic E-state index is 0.0157. The Morgan fingerprint density at radius 3 is 2.76 bits per heavy atom. The first-order valence-corrected chi connectivity index (χ1v) is 11.6. The zero-order chi connectivity index (χ0) is 23.5. The number of aryl methyl sites for hydroxylation is 1. The van der Waals surface area contributed by atoms with E-state index in [4.69, 9.17) is 20.2 Å². The topological polar surface area (TPSA) is 96.4 Å². The molecule has 0 amide bonds. The Hall–Kier alpha value is -3.19. The van der Waals surface area contributed by atoms with Gasteiger partial charge in [0.2, 0.25) is 0 Å². The largest absolute Gasteiger partial charge is 0.494 e. The maximum absolute atomic E-state index is 13.5. The predicted molar refractivity (Wildman–Crippen MR) is 129 cm³/mol. The summed E-state index contributed by atoms with van der Waals surface area (Å²) < 4.78 is 12.6. The van der Waals surface area contributed by atoms with Gasteiger partial charge >= 0.3 is 0 Å². The third kappa shape index (κ3) is 4.13. The van der Waals surface area contributed by atoms with E-state index in [0.717, 1.165) is 58.4 Å². The molecule has 1 aliphatic rings. The van der Waals surface area contributed by atoms with Gasteiger partial charge in [-0.05, 0) is 67.1 Å². The van der Waals surface area contributed by atoms with Gasteiger partial charge in [-0.25, -0.2) is 4.98 Å². The number of fused-ring (bicyclic) bond motifs is 4. The third-order valence-corrected chi connectivity index (χ3v) is 6.58. The van der Waals surface area contributed by atoms with Gasteiger partial charge in [-0.2, -0.15) is 0 Å². The average Bonchev–Trinajstić information content (AvgIpc) is 3.20. The normalized spacial score (nSPS) is 13.0. The van der Waals surface area contributed by atoms with Crippen molar-refractivity contribution in [3.05, 3.63) is 56.9 Å². The van der Waals surface area contributed by atoms with Gasteiger partial charge in [0, 0.05) is 10.9 Å². The van der Waals surface area contributed by atoms with Crippen molar-refractivity contribution in [1.82, 2.24) is 9.55 Å². The number of ether oxygens (including phenoxy) is 2. The van der Waals surface area contributed by atoms with Crippen LogP contribution in [0.3, 0.4) is 0 Å². The molecule has 3 aromatic rings. The Morgan fingerprint density at radius 1 is 1.24 bits per heavy atom. The summed E-state index contributed by atoms with van der Waals surface area (Å²) >= 11 is 0. The molecule has 7 heteroatoms. The highest BCUT2D eigenvalue weighted by molar-refractivity contribution is 5.89. The number of carbonyl (C=O) groups excluding carboxylic acids is 1. The van der Waals surface area contributed by atoms with E-state index in [1.165, 1.54) is 5.56 Å². The van der Waals surface area contributed by atoms with Crippen LogP contribution in [0.5, 0.6) is 5.75 Å². The van der Waals surface area contributed by atoms with E-state index in [1.807, 2.05) is 18.2 Å². The van der Waals surface area contributed by atoms with E-state index in [2.05, 4.69) is 26.8 Å². The van der Waals surface area contributed by atoms with Crippen LogP contribution >= 0.6 is 0 Å². The molecule has 4 rings (SSSR count). The fraction of sp³-hybridized carbons (Fsp3) is 0.423. The standard InChI is InChI=1S/C26H31N3O4/c1-4-16(3)19-12-24-25-21(13-29(24)26(31)22(19)14-32-15-30)18(5-2)20-11-17(33-10-6-9-27)7-8-23(20)28-25/h7-8,11-12,15-16H,4-6,9-10,13-14,27H2,1-3H3. The number of nitrogens with two attached hydrogens (primary N) is 1. The molecule has 0 saturated heterocycles. The molecule has 0 aliphatic carbocycles. The molecule has 1 atom stereocenters. The van der Waals surface area contributed by atoms with Gasteiger partial charge in [-0.1, -0.05) is 20.8 Å². The van der Waals surface area contributed by atoms with Crippen molar-refractivity contribution in [3.63, 3.8) is 0 Å². The van der Waals surface area contributed by atoms with Crippen molar-refractivity contribution in [3.8, 4) is 17.1 Å². The summed E-state index contributed by atoms with van der Waals surface area (Å²) in [4.78, 5) is 29.3. The second kappa shape index (κ2) is 9.75. The maximum Gasteiger partial charge on any atom is 0.293 e. The molecule has 1 aromatic carbocycles. The van der Waals surface area contributed by atoms with Gasteiger partial charge in [0.1, 0.15) is 12.4 Å². The van der Waals surface area contributed by atoms with Crippen LogP contribution in [0.2, 0.25) is 0 Å². The van der Waals surface area contributed by atoms with Crippen molar-refractivity contribution < 1.29 is 14.3 Å². The Labute approximate surface area is 193 Å². The first kappa shape index (κ1) is 23.0. The Kier molecular flexibility index (Phi) is 6.79. The number of rotatable bonds is 10. The Balaban J connectivity index is 1.87. The number of benzene rings is 1. The van der Waals surface area contributed by atoms with Crippen LogP contribution < -0.4 is 16.0 Å². The molecule has 0 bridgehead atoms. The van der Waals surface area contributed by atoms with Crippen LogP contribution in [0.4, 0.5) is 0 Å². The Bertz CT molecular complexity index is 1250. The summed E-state index contributed by atoms with van der Waals surface area (Å²) in [5, 5.41) is 1.05. The van der Waals surface area contributed by atoms with Crippen LogP contribution in [0.25, 0.3) is 22.3 Å². The average molecular weight is 450 g/mol. The summed E-state index contributed by atoms with van der Waals surface area (Å²) in [6.07, 6.45) is 2.49. The summed E-state index contributed by atoms with van der Waals surface area (Å²) in [6.45, 7) is 8.30. The zero-order valence-corrected chi connectivity index (χ0v) is 19.5. The number of hydrogen-bond donors (Lipinski definition) is 1. The number of hydrogen-bond acceptors (Lipinski definition) is 6. The Morgan fingerprint density at radius 2 is 2.06 bits per heavy atom. The lowest BCUT2D eigenvalue weighted by atomic mass is 9.93. The summed E-state index contributed by atoms with van der Waals surface area (Å²) in [7, 11) is 0. The quantitative estimate of drug-likeness (QED) is 0.291. The minimum atomic E-state index is -0.112. The first-order valence-electron chi connectivity index (χ1n) is 11.6. The highest BCUT2D eigenvalue weighted by atomic mass is 16.5. The van der Waals surface area contributed by atoms with Gasteiger partial charge in [-0.15, -0.1) is 0 Å². The molecule has 0 fully saturated rings. The van der Waals surface area contributed by atoms with Gasteiger partial charge in [0.15, 0.2) is 0 Å². The molecule has 174 valence electrons. The van der Waals surface area contributed by atoms with Crippen LogP contribution in [-0.2, 0) is 29.1 Å². The predicted octanol–water partition coefficient (Wildman–Crippen LogP) is 3.90. The molecule has 0 spiro atoms. The number of pyridine rings is 2. The lowest BCUT2D eigenvalue weighted by molar-refractivity contribution is -0.129. The zero-order valence-electron chi connectivity index (χ0n) is 19.5. The van der Waals surface area contributed by atoms with E-state index < -0.39 is 0 Å². The SMILES string of the molecule is CCc1c2c(nc3ccc(OCCCN)cc13)-c1cc(C(C)CC)c(COC=O)c(=O)n1C2. The van der Waals surface area contributed by atoms with E-state index in [9.17, 15) is 9.59 Å². The van der Waals surface area contributed by atoms with Crippen molar-refractivity contribution >= 4 is 17.4 Å². The van der Waals surface area contributed by atoms with Crippen LogP contribution in [0, 0.1) is 0 Å². The van der Waals surface area contributed by atoms with E-state index in [0.29, 0.717) is 31.7 Å². The fourth-order valence-electron chi connectivity index (χ4n) is 4.64. The second-order valence-electron chi connectivity index (χ2n) is 8.51. The fourth-order valence-corrected chi connectivity index (χ4v) is 4.64. The van der Waals surface area contributed by atoms with Gasteiger partial charge in [-0.3, -0.25) is 9.59 Å². The molecule has 1 unspecified atom stereocenters. The lowest BCUT2D eigenvalue weighted by Gasteiger charge is -2.17. The van der Waals surface area contributed by atoms with E-state index in [1.54, 1.807) is 4.57 Å². The summed E-state index contributed by atoms with van der Waals surface area (Å²) in [5.41, 5.74) is 11.8. The van der Waals surface area contributed by atoms with Crippen molar-refractivity contribution in [1.29, 1.82) is 0 Å². The van der Waals surface area contributed by atoms with Crippen molar-refractivity contribution in [2.75, 3.05) is 13.2 Å². The third-order valence-electron chi connectivity index (χ3n) is 6.58. The van der Waals surface area contributed by atoms with Crippen LogP contribution in [0.15, 0.2) is 29.1 Å². The lowest BCUT2D eigenvalue weighted by Crippen LogP contribution is -2.26. The first-order chi connectivity index (χ1) is 16.0. The molecule has 3 heterocycles. The minimum Gasteiger partial charge on any atom is -0.494 e. The number of nitrogens with zero attached hydrogens (tertiary/aromatic N) is 2. The number of aromatic nitrogens is 2. The molecular weight excluding hydrogens is 418 g/mol. The maximum atomic E-state index is 13.5. The van der Waals surface area contributed by atoms with Crippen LogP contribution in [0.1, 0.15) is 61.8 Å². The molecule has 2 aromatic heterocycles. The highest BCUT2D eigenvalue weighted by Gasteiger charge is 2.28. The molecule has 0 saturated carbocycles. The summed E-state index contributed by atoms with van der Waals surface area (Å²) in [6, 6.07) is 8.02. The molecular formula is C26H31N3O4. The molecule has 0 radical (unpaired) electrons. The van der Waals surface area contributed by atoms with Gasteiger partial charge < -0.3 is 19.8 Å². The van der Waals surface area contributed by atoms with E-state index >= 15 is 0 Å². The molecule has 33 heavy (non-hydrogen) atoms. The summed E-state index contributed by atoms with van der Waals surface area (Å²) in [5.74, 6) is 0.963. The van der Waals surface area contributed by atoms with Crippen molar-refractivity contribution in [2.45, 2.75) is 59.1 Å². The second-order valence-corrected chi connectivity index (χ2v) is 8.51. The molecule has 7 nitrogen and oxygen atoms in total. The van der Waals surface area contributed by atoms with Crippen molar-refractivity contribution in [2.24, 2.45) is 5.73 Å². The highest BCUT2D eigenvalue weighted by Crippen LogP contribution is 2.38. The van der Waals surface area contributed by atoms with Crippen LogP contribution in [-0.4, -0.2) is 29.2 Å². The monoisotopic (exact) mass is 449 g/mol. The molecule has 2 N–H and O–H groups in total. The molecule has 1 aliphatic heterocycles. The number of carbonyl (C=O) groups is 1. The van der Waals surface area contributed by atoms with Gasteiger partial charge in [0.05, 0.1) is 35.6 Å².